The number of hydrogen-bond donors (Lipinski definition) is 2. The summed E-state index contributed by atoms with van der Waals surface area (Å²) in [5.74, 6) is -0.458. The summed E-state index contributed by atoms with van der Waals surface area (Å²) < 4.78 is 1.92. The zero-order chi connectivity index (χ0) is 15.0. The molecular weight excluding hydrogens is 288 g/mol. The Kier molecular flexibility index (Phi) is 3.59. The number of carbonyl (C=O) groups excluding carboxylic acids is 1. The predicted molar refractivity (Wildman–Crippen MR) is 82.5 cm³/mol. The monoisotopic (exact) mass is 304 g/mol. The largest absolute Gasteiger partial charge is 0.377 e. The molecule has 2 aromatic rings. The van der Waals surface area contributed by atoms with Gasteiger partial charge in [-0.3, -0.25) is 9.48 Å². The summed E-state index contributed by atoms with van der Waals surface area (Å²) in [7, 11) is 1.96. The molecule has 1 amide bonds. The number of nitrogens with one attached hydrogen (secondary N) is 1. The summed E-state index contributed by atoms with van der Waals surface area (Å²) in [5, 5.41) is 8.33. The van der Waals surface area contributed by atoms with Crippen LogP contribution in [0.5, 0.6) is 0 Å². The number of benzene rings is 1. The molecule has 21 heavy (non-hydrogen) atoms. The first kappa shape index (κ1) is 13.9. The van der Waals surface area contributed by atoms with Gasteiger partial charge in [-0.1, -0.05) is 11.6 Å². The van der Waals surface area contributed by atoms with Crippen LogP contribution in [0.3, 0.4) is 0 Å². The van der Waals surface area contributed by atoms with E-state index in [9.17, 15) is 4.79 Å². The van der Waals surface area contributed by atoms with Gasteiger partial charge in [-0.2, -0.15) is 5.10 Å². The van der Waals surface area contributed by atoms with Crippen molar-refractivity contribution in [2.45, 2.75) is 25.3 Å². The number of rotatable bonds is 3. The highest BCUT2D eigenvalue weighted by molar-refractivity contribution is 6.33. The minimum absolute atomic E-state index is 0.156. The van der Waals surface area contributed by atoms with Gasteiger partial charge >= 0.3 is 0 Å². The number of primary amides is 1. The lowest BCUT2D eigenvalue weighted by atomic mass is 9.92. The van der Waals surface area contributed by atoms with Crippen molar-refractivity contribution in [1.29, 1.82) is 0 Å². The lowest BCUT2D eigenvalue weighted by molar-refractivity contribution is 0.100. The van der Waals surface area contributed by atoms with Crippen molar-refractivity contribution in [2.24, 2.45) is 12.8 Å². The van der Waals surface area contributed by atoms with Crippen LogP contribution in [0, 0.1) is 0 Å². The summed E-state index contributed by atoms with van der Waals surface area (Å²) in [6.07, 6.45) is 5.05. The SMILES string of the molecule is Cn1ncc2c1CCCC2Nc1cc(C(N)=O)ccc1Cl. The van der Waals surface area contributed by atoms with E-state index in [1.165, 1.54) is 11.3 Å². The molecule has 0 radical (unpaired) electrons. The lowest BCUT2D eigenvalue weighted by Crippen LogP contribution is -2.18. The van der Waals surface area contributed by atoms with Crippen molar-refractivity contribution in [3.63, 3.8) is 0 Å². The fourth-order valence-corrected chi connectivity index (χ4v) is 3.01. The zero-order valence-corrected chi connectivity index (χ0v) is 12.5. The molecule has 3 N–H and O–H groups in total. The Morgan fingerprint density at radius 3 is 3.10 bits per heavy atom. The maximum absolute atomic E-state index is 11.3. The molecule has 6 heteroatoms. The number of amides is 1. The van der Waals surface area contributed by atoms with Gasteiger partial charge in [0.15, 0.2) is 0 Å². The summed E-state index contributed by atoms with van der Waals surface area (Å²) >= 11 is 6.22. The average molecular weight is 305 g/mol. The molecular formula is C15H17ClN4O. The molecule has 0 aliphatic heterocycles. The van der Waals surface area contributed by atoms with Gasteiger partial charge in [0.1, 0.15) is 0 Å². The van der Waals surface area contributed by atoms with E-state index in [-0.39, 0.29) is 6.04 Å². The van der Waals surface area contributed by atoms with Gasteiger partial charge in [-0.25, -0.2) is 0 Å². The van der Waals surface area contributed by atoms with Crippen molar-refractivity contribution in [2.75, 3.05) is 5.32 Å². The fourth-order valence-electron chi connectivity index (χ4n) is 2.83. The smallest absolute Gasteiger partial charge is 0.248 e. The normalized spacial score (nSPS) is 17.3. The Bertz CT molecular complexity index is 695. The third-order valence-electron chi connectivity index (χ3n) is 3.96. The second-order valence-electron chi connectivity index (χ2n) is 5.32. The summed E-state index contributed by atoms with van der Waals surface area (Å²) in [6.45, 7) is 0. The molecule has 0 fully saturated rings. The number of halogens is 1. The van der Waals surface area contributed by atoms with Gasteiger partial charge in [0, 0.05) is 23.9 Å². The molecule has 1 aromatic heterocycles. The summed E-state index contributed by atoms with van der Waals surface area (Å²) in [6, 6.07) is 5.18. The number of hydrogen-bond acceptors (Lipinski definition) is 3. The molecule has 0 spiro atoms. The van der Waals surface area contributed by atoms with Crippen molar-refractivity contribution < 1.29 is 4.79 Å². The van der Waals surface area contributed by atoms with Gasteiger partial charge in [0.2, 0.25) is 5.91 Å². The molecule has 110 valence electrons. The summed E-state index contributed by atoms with van der Waals surface area (Å²) in [5.41, 5.74) is 8.95. The van der Waals surface area contributed by atoms with Gasteiger partial charge in [-0.05, 0) is 37.5 Å². The van der Waals surface area contributed by atoms with Crippen LogP contribution in [0.4, 0.5) is 5.69 Å². The molecule has 1 unspecified atom stereocenters. The number of nitrogens with zero attached hydrogens (tertiary/aromatic N) is 2. The third-order valence-corrected chi connectivity index (χ3v) is 4.29. The highest BCUT2D eigenvalue weighted by atomic mass is 35.5. The Morgan fingerprint density at radius 2 is 2.33 bits per heavy atom. The molecule has 1 aromatic carbocycles. The molecule has 0 saturated heterocycles. The molecule has 1 atom stereocenters. The Morgan fingerprint density at radius 1 is 1.52 bits per heavy atom. The van der Waals surface area contributed by atoms with Crippen molar-refractivity contribution in [3.05, 3.63) is 46.2 Å². The van der Waals surface area contributed by atoms with E-state index < -0.39 is 5.91 Å². The quantitative estimate of drug-likeness (QED) is 0.915. The van der Waals surface area contributed by atoms with Crippen LogP contribution in [-0.4, -0.2) is 15.7 Å². The number of aromatic nitrogens is 2. The van der Waals surface area contributed by atoms with E-state index in [4.69, 9.17) is 17.3 Å². The number of anilines is 1. The Hall–Kier alpha value is -2.01. The van der Waals surface area contributed by atoms with Gasteiger partial charge in [0.05, 0.1) is 22.9 Å². The standard InChI is InChI=1S/C15H17ClN4O/c1-20-14-4-2-3-12(10(14)8-18-20)19-13-7-9(15(17)21)5-6-11(13)16/h5-8,12,19H,2-4H2,1H3,(H2,17,21). The van der Waals surface area contributed by atoms with E-state index in [0.29, 0.717) is 10.6 Å². The topological polar surface area (TPSA) is 72.9 Å². The molecule has 1 aliphatic carbocycles. The number of fused-ring (bicyclic) bond motifs is 1. The van der Waals surface area contributed by atoms with Crippen molar-refractivity contribution in [1.82, 2.24) is 9.78 Å². The molecule has 3 rings (SSSR count). The first-order valence-electron chi connectivity index (χ1n) is 6.93. The Balaban J connectivity index is 1.91. The number of aryl methyl sites for hydroxylation is 1. The minimum atomic E-state index is -0.458. The van der Waals surface area contributed by atoms with Crippen LogP contribution in [0.25, 0.3) is 0 Å². The van der Waals surface area contributed by atoms with Crippen molar-refractivity contribution >= 4 is 23.2 Å². The second kappa shape index (κ2) is 5.41. The fraction of sp³-hybridized carbons (Fsp3) is 0.333. The number of nitrogens with two attached hydrogens (primary N) is 1. The molecule has 0 bridgehead atoms. The minimum Gasteiger partial charge on any atom is -0.377 e. The van der Waals surface area contributed by atoms with Gasteiger partial charge in [0.25, 0.3) is 0 Å². The van der Waals surface area contributed by atoms with Crippen LogP contribution >= 0.6 is 11.6 Å². The average Bonchev–Trinajstić information content (AvgIpc) is 2.84. The third kappa shape index (κ3) is 2.61. The molecule has 1 aliphatic rings. The maximum Gasteiger partial charge on any atom is 0.248 e. The first-order valence-corrected chi connectivity index (χ1v) is 7.30. The van der Waals surface area contributed by atoms with E-state index in [0.717, 1.165) is 24.9 Å². The van der Waals surface area contributed by atoms with Crippen LogP contribution in [0.15, 0.2) is 24.4 Å². The molecule has 0 saturated carbocycles. The van der Waals surface area contributed by atoms with Crippen molar-refractivity contribution in [3.8, 4) is 0 Å². The van der Waals surface area contributed by atoms with Crippen LogP contribution in [-0.2, 0) is 13.5 Å². The first-order chi connectivity index (χ1) is 10.1. The maximum atomic E-state index is 11.3. The van der Waals surface area contributed by atoms with E-state index in [2.05, 4.69) is 10.4 Å². The molecule has 1 heterocycles. The summed E-state index contributed by atoms with van der Waals surface area (Å²) in [4.78, 5) is 11.3. The Labute approximate surface area is 128 Å². The van der Waals surface area contributed by atoms with Gasteiger partial charge < -0.3 is 11.1 Å². The highest BCUT2D eigenvalue weighted by Crippen LogP contribution is 2.34. The molecule has 5 nitrogen and oxygen atoms in total. The van der Waals surface area contributed by atoms with Crippen LogP contribution in [0.2, 0.25) is 5.02 Å². The van der Waals surface area contributed by atoms with Gasteiger partial charge in [-0.15, -0.1) is 0 Å². The second-order valence-corrected chi connectivity index (χ2v) is 5.73. The predicted octanol–water partition coefficient (Wildman–Crippen LogP) is 2.66. The van der Waals surface area contributed by atoms with Crippen LogP contribution in [0.1, 0.15) is 40.5 Å². The highest BCUT2D eigenvalue weighted by Gasteiger charge is 2.24. The number of carbonyl (C=O) groups is 1. The van der Waals surface area contributed by atoms with Crippen LogP contribution < -0.4 is 11.1 Å². The van der Waals surface area contributed by atoms with E-state index in [1.54, 1.807) is 18.2 Å². The van der Waals surface area contributed by atoms with E-state index >= 15 is 0 Å². The lowest BCUT2D eigenvalue weighted by Gasteiger charge is -2.25. The van der Waals surface area contributed by atoms with E-state index in [1.807, 2.05) is 17.9 Å². The zero-order valence-electron chi connectivity index (χ0n) is 11.8.